The highest BCUT2D eigenvalue weighted by molar-refractivity contribution is 5.95. The van der Waals surface area contributed by atoms with Crippen molar-refractivity contribution in [3.05, 3.63) is 24.0 Å². The van der Waals surface area contributed by atoms with Gasteiger partial charge in [0.25, 0.3) is 5.91 Å². The summed E-state index contributed by atoms with van der Waals surface area (Å²) in [6, 6.07) is 3.59. The van der Waals surface area contributed by atoms with Crippen molar-refractivity contribution in [1.82, 2.24) is 15.2 Å². The van der Waals surface area contributed by atoms with Crippen molar-refractivity contribution in [2.75, 3.05) is 19.7 Å². The van der Waals surface area contributed by atoms with Gasteiger partial charge in [-0.1, -0.05) is 6.92 Å². The monoisotopic (exact) mass is 293 g/mol. The van der Waals surface area contributed by atoms with Crippen LogP contribution in [0.2, 0.25) is 0 Å². The standard InChI is InChI=1S/C15H21N3O3.H2/c1-2-10-21-13-4-3-7-16-14(13)15(20)17-12-5-8-18(11-19)9-6-12;/h3-4,7,11-12H,2,5-6,8-10H2,1H3,(H,17,20);1H. The van der Waals surface area contributed by atoms with Gasteiger partial charge < -0.3 is 15.0 Å². The van der Waals surface area contributed by atoms with Crippen molar-refractivity contribution in [3.63, 3.8) is 0 Å². The lowest BCUT2D eigenvalue weighted by Crippen LogP contribution is -2.44. The summed E-state index contributed by atoms with van der Waals surface area (Å²) in [5.74, 6) is 0.299. The lowest BCUT2D eigenvalue weighted by atomic mass is 10.1. The molecule has 1 N–H and O–H groups in total. The number of piperidine rings is 1. The maximum atomic E-state index is 12.3. The molecule has 0 atom stereocenters. The zero-order valence-electron chi connectivity index (χ0n) is 12.2. The highest BCUT2D eigenvalue weighted by Crippen LogP contribution is 2.17. The number of likely N-dealkylation sites (tertiary alicyclic amines) is 1. The van der Waals surface area contributed by atoms with Crippen LogP contribution >= 0.6 is 0 Å². The summed E-state index contributed by atoms with van der Waals surface area (Å²) in [7, 11) is 0. The lowest BCUT2D eigenvalue weighted by molar-refractivity contribution is -0.119. The summed E-state index contributed by atoms with van der Waals surface area (Å²) >= 11 is 0. The third-order valence-corrected chi connectivity index (χ3v) is 3.46. The summed E-state index contributed by atoms with van der Waals surface area (Å²) in [5, 5.41) is 2.97. The minimum Gasteiger partial charge on any atom is -0.491 e. The third kappa shape index (κ3) is 4.18. The Hall–Kier alpha value is -2.11. The molecular weight excluding hydrogens is 270 g/mol. The fraction of sp³-hybridized carbons (Fsp3) is 0.533. The summed E-state index contributed by atoms with van der Waals surface area (Å²) in [4.78, 5) is 28.8. The van der Waals surface area contributed by atoms with Gasteiger partial charge in [-0.25, -0.2) is 4.98 Å². The Balaban J connectivity index is 0.00000242. The first kappa shape index (κ1) is 15.3. The van der Waals surface area contributed by atoms with E-state index in [0.29, 0.717) is 31.1 Å². The number of nitrogens with one attached hydrogen (secondary N) is 1. The number of rotatable bonds is 6. The van der Waals surface area contributed by atoms with Crippen molar-refractivity contribution in [3.8, 4) is 5.75 Å². The lowest BCUT2D eigenvalue weighted by Gasteiger charge is -2.29. The maximum Gasteiger partial charge on any atom is 0.273 e. The van der Waals surface area contributed by atoms with E-state index in [1.807, 2.05) is 6.92 Å². The van der Waals surface area contributed by atoms with Gasteiger partial charge in [-0.15, -0.1) is 0 Å². The van der Waals surface area contributed by atoms with Crippen molar-refractivity contribution in [2.45, 2.75) is 32.2 Å². The maximum absolute atomic E-state index is 12.3. The van der Waals surface area contributed by atoms with Gasteiger partial charge in [0.1, 0.15) is 0 Å². The Morgan fingerprint density at radius 2 is 2.33 bits per heavy atom. The molecule has 0 aliphatic carbocycles. The molecular formula is C15H23N3O3. The smallest absolute Gasteiger partial charge is 0.273 e. The molecule has 1 fully saturated rings. The molecule has 6 nitrogen and oxygen atoms in total. The van der Waals surface area contributed by atoms with E-state index in [1.165, 1.54) is 0 Å². The third-order valence-electron chi connectivity index (χ3n) is 3.46. The molecule has 1 saturated heterocycles. The molecule has 1 aliphatic heterocycles. The summed E-state index contributed by atoms with van der Waals surface area (Å²) in [6.07, 6.45) is 4.85. The number of nitrogens with zero attached hydrogens (tertiary/aromatic N) is 2. The van der Waals surface area contributed by atoms with Crippen LogP contribution in [0.5, 0.6) is 5.75 Å². The number of hydrogen-bond acceptors (Lipinski definition) is 4. The van der Waals surface area contributed by atoms with Crippen LogP contribution in [0, 0.1) is 0 Å². The average molecular weight is 293 g/mol. The van der Waals surface area contributed by atoms with Crippen LogP contribution in [-0.2, 0) is 4.79 Å². The first-order valence-corrected chi connectivity index (χ1v) is 7.32. The number of ether oxygens (including phenoxy) is 1. The summed E-state index contributed by atoms with van der Waals surface area (Å²) < 4.78 is 5.55. The van der Waals surface area contributed by atoms with Crippen LogP contribution < -0.4 is 10.1 Å². The Kier molecular flexibility index (Phi) is 5.54. The highest BCUT2D eigenvalue weighted by atomic mass is 16.5. The fourth-order valence-electron chi connectivity index (χ4n) is 2.29. The van der Waals surface area contributed by atoms with Crippen LogP contribution in [0.15, 0.2) is 18.3 Å². The van der Waals surface area contributed by atoms with Gasteiger partial charge in [0.15, 0.2) is 11.4 Å². The number of hydrogen-bond donors (Lipinski definition) is 1. The molecule has 21 heavy (non-hydrogen) atoms. The second-order valence-electron chi connectivity index (χ2n) is 5.09. The molecule has 0 aromatic carbocycles. The van der Waals surface area contributed by atoms with E-state index >= 15 is 0 Å². The summed E-state index contributed by atoms with van der Waals surface area (Å²) in [6.45, 7) is 3.92. The van der Waals surface area contributed by atoms with Crippen molar-refractivity contribution >= 4 is 12.3 Å². The van der Waals surface area contributed by atoms with E-state index in [9.17, 15) is 9.59 Å². The molecule has 2 heterocycles. The molecule has 0 spiro atoms. The zero-order chi connectivity index (χ0) is 15.1. The van der Waals surface area contributed by atoms with Gasteiger partial charge in [-0.05, 0) is 31.4 Å². The van der Waals surface area contributed by atoms with E-state index in [4.69, 9.17) is 4.74 Å². The number of carbonyl (C=O) groups is 2. The van der Waals surface area contributed by atoms with Crippen LogP contribution in [-0.4, -0.2) is 47.9 Å². The molecule has 2 amide bonds. The van der Waals surface area contributed by atoms with Gasteiger partial charge in [-0.3, -0.25) is 9.59 Å². The predicted octanol–water partition coefficient (Wildman–Crippen LogP) is 1.47. The van der Waals surface area contributed by atoms with E-state index in [0.717, 1.165) is 25.7 Å². The molecule has 0 saturated carbocycles. The predicted molar refractivity (Wildman–Crippen MR) is 80.3 cm³/mol. The second kappa shape index (κ2) is 7.61. The molecule has 0 radical (unpaired) electrons. The molecule has 1 aromatic heterocycles. The zero-order valence-corrected chi connectivity index (χ0v) is 12.2. The minimum absolute atomic E-state index is 0. The van der Waals surface area contributed by atoms with E-state index < -0.39 is 0 Å². The normalized spacial score (nSPS) is 15.6. The average Bonchev–Trinajstić information content (AvgIpc) is 2.54. The Morgan fingerprint density at radius 1 is 1.57 bits per heavy atom. The number of carbonyl (C=O) groups excluding carboxylic acids is 2. The van der Waals surface area contributed by atoms with Crippen molar-refractivity contribution in [2.24, 2.45) is 0 Å². The Labute approximate surface area is 126 Å². The molecule has 1 aliphatic rings. The number of aromatic nitrogens is 1. The highest BCUT2D eigenvalue weighted by Gasteiger charge is 2.22. The van der Waals surface area contributed by atoms with Crippen LogP contribution in [0.1, 0.15) is 38.1 Å². The van der Waals surface area contributed by atoms with E-state index in [1.54, 1.807) is 23.2 Å². The molecule has 2 rings (SSSR count). The number of amides is 2. The van der Waals surface area contributed by atoms with E-state index in [-0.39, 0.29) is 13.4 Å². The first-order chi connectivity index (χ1) is 10.2. The largest absolute Gasteiger partial charge is 0.491 e. The van der Waals surface area contributed by atoms with Gasteiger partial charge in [0, 0.05) is 26.8 Å². The molecule has 0 unspecified atom stereocenters. The quantitative estimate of drug-likeness (QED) is 0.806. The van der Waals surface area contributed by atoms with Crippen LogP contribution in [0.25, 0.3) is 0 Å². The molecule has 0 bridgehead atoms. The fourth-order valence-corrected chi connectivity index (χ4v) is 2.29. The van der Waals surface area contributed by atoms with Crippen molar-refractivity contribution < 1.29 is 15.8 Å². The van der Waals surface area contributed by atoms with Crippen LogP contribution in [0.4, 0.5) is 0 Å². The SMILES string of the molecule is CCCOc1cccnc1C(=O)NC1CCN(C=O)CC1.[HH]. The minimum atomic E-state index is -0.216. The van der Waals surface area contributed by atoms with Crippen LogP contribution in [0.3, 0.4) is 0 Å². The van der Waals surface area contributed by atoms with Gasteiger partial charge in [0.2, 0.25) is 6.41 Å². The number of pyridine rings is 1. The van der Waals surface area contributed by atoms with E-state index in [2.05, 4.69) is 10.3 Å². The Morgan fingerprint density at radius 3 is 3.00 bits per heavy atom. The molecule has 116 valence electrons. The second-order valence-corrected chi connectivity index (χ2v) is 5.09. The first-order valence-electron chi connectivity index (χ1n) is 7.32. The molecule has 1 aromatic rings. The molecule has 6 heteroatoms. The van der Waals surface area contributed by atoms with Gasteiger partial charge in [-0.2, -0.15) is 0 Å². The topological polar surface area (TPSA) is 71.5 Å². The summed E-state index contributed by atoms with van der Waals surface area (Å²) in [5.41, 5.74) is 0.323. The van der Waals surface area contributed by atoms with Gasteiger partial charge >= 0.3 is 0 Å². The van der Waals surface area contributed by atoms with Gasteiger partial charge in [0.05, 0.1) is 6.61 Å². The Bertz CT molecular complexity index is 491. The van der Waals surface area contributed by atoms with Crippen molar-refractivity contribution in [1.29, 1.82) is 0 Å².